The van der Waals surface area contributed by atoms with Crippen LogP contribution < -0.4 is 11.1 Å². The second-order valence-corrected chi connectivity index (χ2v) is 6.54. The molecule has 4 aromatic rings. The van der Waals surface area contributed by atoms with E-state index in [9.17, 15) is 0 Å². The van der Waals surface area contributed by atoms with Crippen molar-refractivity contribution in [3.05, 3.63) is 108 Å². The molecule has 1 aliphatic carbocycles. The summed E-state index contributed by atoms with van der Waals surface area (Å²) in [6, 6.07) is 23.0. The SMILES string of the molecule is C1=CC(=N/N=c2/ccc3ccccc3o2)C=CC1=N/N=c1/ccc2ccccc2o1. The fraction of sp³-hybridized carbons (Fsp3) is 0. The molecular formula is C24H16N4O2. The lowest BCUT2D eigenvalue weighted by Crippen LogP contribution is -2.03. The van der Waals surface area contributed by atoms with E-state index in [0.717, 1.165) is 21.9 Å². The van der Waals surface area contributed by atoms with Crippen LogP contribution in [0.1, 0.15) is 0 Å². The van der Waals surface area contributed by atoms with Crippen molar-refractivity contribution >= 4 is 33.4 Å². The van der Waals surface area contributed by atoms with Crippen molar-refractivity contribution in [2.24, 2.45) is 20.4 Å². The van der Waals surface area contributed by atoms with Gasteiger partial charge in [-0.15, -0.1) is 20.4 Å². The van der Waals surface area contributed by atoms with Crippen LogP contribution in [0, 0.1) is 0 Å². The molecule has 6 heteroatoms. The van der Waals surface area contributed by atoms with Crippen LogP contribution in [0.15, 0.2) is 126 Å². The van der Waals surface area contributed by atoms with Crippen LogP contribution in [-0.4, -0.2) is 11.4 Å². The molecule has 0 atom stereocenters. The molecule has 6 nitrogen and oxygen atoms in total. The van der Waals surface area contributed by atoms with E-state index in [1.54, 1.807) is 12.1 Å². The molecule has 0 N–H and O–H groups in total. The van der Waals surface area contributed by atoms with Crippen molar-refractivity contribution in [2.75, 3.05) is 0 Å². The first kappa shape index (κ1) is 17.8. The molecule has 30 heavy (non-hydrogen) atoms. The molecule has 2 aromatic carbocycles. The topological polar surface area (TPSA) is 75.7 Å². The van der Waals surface area contributed by atoms with Gasteiger partial charge in [0.05, 0.1) is 11.4 Å². The van der Waals surface area contributed by atoms with Crippen molar-refractivity contribution in [2.45, 2.75) is 0 Å². The Balaban J connectivity index is 1.36. The number of hydrogen-bond donors (Lipinski definition) is 0. The van der Waals surface area contributed by atoms with E-state index in [1.165, 1.54) is 0 Å². The summed E-state index contributed by atoms with van der Waals surface area (Å²) in [5, 5.41) is 18.8. The van der Waals surface area contributed by atoms with Crippen LogP contribution in [0.3, 0.4) is 0 Å². The van der Waals surface area contributed by atoms with Gasteiger partial charge >= 0.3 is 0 Å². The average molecular weight is 392 g/mol. The molecule has 0 saturated heterocycles. The van der Waals surface area contributed by atoms with Gasteiger partial charge in [-0.05, 0) is 48.6 Å². The highest BCUT2D eigenvalue weighted by molar-refractivity contribution is 6.18. The molecule has 2 aromatic heterocycles. The maximum Gasteiger partial charge on any atom is 0.238 e. The van der Waals surface area contributed by atoms with E-state index in [-0.39, 0.29) is 0 Å². The lowest BCUT2D eigenvalue weighted by atomic mass is 10.1. The smallest absolute Gasteiger partial charge is 0.238 e. The van der Waals surface area contributed by atoms with Gasteiger partial charge in [-0.25, -0.2) is 0 Å². The lowest BCUT2D eigenvalue weighted by molar-refractivity contribution is 0.537. The summed E-state index contributed by atoms with van der Waals surface area (Å²) in [6.45, 7) is 0. The second-order valence-electron chi connectivity index (χ2n) is 6.54. The molecule has 144 valence electrons. The number of para-hydroxylation sites is 2. The Morgan fingerprint density at radius 3 is 1.33 bits per heavy atom. The van der Waals surface area contributed by atoms with Gasteiger partial charge in [-0.2, -0.15) is 0 Å². The average Bonchev–Trinajstić information content (AvgIpc) is 2.82. The highest BCUT2D eigenvalue weighted by Gasteiger charge is 1.99. The van der Waals surface area contributed by atoms with E-state index in [4.69, 9.17) is 8.83 Å². The van der Waals surface area contributed by atoms with Crippen molar-refractivity contribution in [1.29, 1.82) is 0 Å². The van der Waals surface area contributed by atoms with Crippen LogP contribution >= 0.6 is 0 Å². The number of benzene rings is 2. The number of allylic oxidation sites excluding steroid dienone is 4. The molecule has 0 spiro atoms. The summed E-state index contributed by atoms with van der Waals surface area (Å²) in [5.41, 5.74) is 3.79. The van der Waals surface area contributed by atoms with E-state index < -0.39 is 0 Å². The Bertz CT molecular complexity index is 1370. The van der Waals surface area contributed by atoms with Gasteiger partial charge in [0.2, 0.25) is 11.1 Å². The van der Waals surface area contributed by atoms with Gasteiger partial charge in [0.1, 0.15) is 11.2 Å². The van der Waals surface area contributed by atoms with Gasteiger partial charge in [-0.3, -0.25) is 0 Å². The third kappa shape index (κ3) is 3.93. The number of nitrogens with zero attached hydrogens (tertiary/aromatic N) is 4. The maximum atomic E-state index is 5.72. The normalized spacial score (nSPS) is 14.7. The first-order valence-corrected chi connectivity index (χ1v) is 9.41. The zero-order valence-corrected chi connectivity index (χ0v) is 15.8. The predicted octanol–water partition coefficient (Wildman–Crippen LogP) is 4.52. The molecule has 0 aliphatic heterocycles. The van der Waals surface area contributed by atoms with Gasteiger partial charge < -0.3 is 8.83 Å². The van der Waals surface area contributed by atoms with Gasteiger partial charge in [0.25, 0.3) is 0 Å². The molecule has 5 rings (SSSR count). The van der Waals surface area contributed by atoms with Gasteiger partial charge in [0, 0.05) is 22.9 Å². The lowest BCUT2D eigenvalue weighted by Gasteiger charge is -1.99. The highest BCUT2D eigenvalue weighted by Crippen LogP contribution is 2.10. The van der Waals surface area contributed by atoms with E-state index in [2.05, 4.69) is 20.4 Å². The van der Waals surface area contributed by atoms with Crippen molar-refractivity contribution in [3.8, 4) is 0 Å². The fourth-order valence-electron chi connectivity index (χ4n) is 2.95. The molecule has 0 radical (unpaired) electrons. The van der Waals surface area contributed by atoms with Crippen molar-refractivity contribution in [1.82, 2.24) is 0 Å². The molecule has 0 amide bonds. The first-order chi connectivity index (χ1) is 14.8. The molecule has 2 heterocycles. The Labute approximate surface area is 171 Å². The monoisotopic (exact) mass is 392 g/mol. The highest BCUT2D eigenvalue weighted by atomic mass is 16.3. The number of fused-ring (bicyclic) bond motifs is 2. The molecular weight excluding hydrogens is 376 g/mol. The van der Waals surface area contributed by atoms with E-state index in [0.29, 0.717) is 22.5 Å². The molecule has 0 saturated carbocycles. The second kappa shape index (κ2) is 7.97. The van der Waals surface area contributed by atoms with E-state index in [1.807, 2.05) is 85.0 Å². The zero-order chi connectivity index (χ0) is 20.2. The largest absolute Gasteiger partial charge is 0.437 e. The third-order valence-electron chi connectivity index (χ3n) is 4.46. The minimum absolute atomic E-state index is 0.440. The summed E-state index contributed by atoms with van der Waals surface area (Å²) < 4.78 is 11.4. The summed E-state index contributed by atoms with van der Waals surface area (Å²) in [4.78, 5) is 0. The number of rotatable bonds is 2. The van der Waals surface area contributed by atoms with E-state index >= 15 is 0 Å². The standard InChI is InChI=1S/C24H16N4O2/c1-3-7-21-17(5-1)9-15-23(29-21)27-25-19-11-13-20(14-12-19)26-28-24-16-10-18-6-2-4-8-22(18)30-24/h1-16H/b25-19?,26-20?,27-23-,28-24-. The zero-order valence-electron chi connectivity index (χ0n) is 15.8. The minimum Gasteiger partial charge on any atom is -0.437 e. The molecule has 0 fully saturated rings. The maximum absolute atomic E-state index is 5.72. The fourth-order valence-corrected chi connectivity index (χ4v) is 2.95. The molecule has 0 unspecified atom stereocenters. The Morgan fingerprint density at radius 2 is 0.867 bits per heavy atom. The van der Waals surface area contributed by atoms with Crippen LogP contribution in [0.5, 0.6) is 0 Å². The quantitative estimate of drug-likeness (QED) is 0.372. The summed E-state index contributed by atoms with van der Waals surface area (Å²) in [7, 11) is 0. The Hall–Kier alpha value is -4.32. The Kier molecular flexibility index (Phi) is 4.72. The van der Waals surface area contributed by atoms with Gasteiger partial charge in [-0.1, -0.05) is 36.4 Å². The third-order valence-corrected chi connectivity index (χ3v) is 4.46. The predicted molar refractivity (Wildman–Crippen MR) is 117 cm³/mol. The Morgan fingerprint density at radius 1 is 0.433 bits per heavy atom. The number of hydrogen-bond acceptors (Lipinski definition) is 6. The first-order valence-electron chi connectivity index (χ1n) is 9.41. The summed E-state index contributed by atoms with van der Waals surface area (Å²) in [5.74, 6) is 0. The van der Waals surface area contributed by atoms with Crippen molar-refractivity contribution < 1.29 is 8.83 Å². The van der Waals surface area contributed by atoms with Crippen LogP contribution in [0.25, 0.3) is 21.9 Å². The van der Waals surface area contributed by atoms with Crippen LogP contribution in [0.4, 0.5) is 0 Å². The summed E-state index contributed by atoms with van der Waals surface area (Å²) >= 11 is 0. The van der Waals surface area contributed by atoms with Crippen LogP contribution in [-0.2, 0) is 0 Å². The van der Waals surface area contributed by atoms with Gasteiger partial charge in [0.15, 0.2) is 0 Å². The minimum atomic E-state index is 0.440. The van der Waals surface area contributed by atoms with Crippen LogP contribution in [0.2, 0.25) is 0 Å². The summed E-state index contributed by atoms with van der Waals surface area (Å²) in [6.07, 6.45) is 7.26. The molecule has 1 aliphatic rings. The molecule has 0 bridgehead atoms. The van der Waals surface area contributed by atoms with Crippen molar-refractivity contribution in [3.63, 3.8) is 0 Å².